The Labute approximate surface area is 156 Å². The molecule has 5 heteroatoms. The van der Waals surface area contributed by atoms with E-state index in [1.807, 2.05) is 0 Å². The second kappa shape index (κ2) is 14.2. The van der Waals surface area contributed by atoms with Gasteiger partial charge in [0.25, 0.3) is 0 Å². The first-order valence-corrected chi connectivity index (χ1v) is 11.8. The van der Waals surface area contributed by atoms with Crippen LogP contribution in [0.5, 0.6) is 0 Å². The van der Waals surface area contributed by atoms with Gasteiger partial charge in [-0.25, -0.2) is 4.57 Å². The first-order valence-electron chi connectivity index (χ1n) is 10.3. The van der Waals surface area contributed by atoms with Gasteiger partial charge in [0.05, 0.1) is 6.61 Å². The van der Waals surface area contributed by atoms with Crippen molar-refractivity contribution in [2.45, 2.75) is 98.8 Å². The second-order valence-electron chi connectivity index (χ2n) is 8.61. The summed E-state index contributed by atoms with van der Waals surface area (Å²) in [7, 11) is -4.30. The highest BCUT2D eigenvalue weighted by atomic mass is 31.2. The Hall–Kier alpha value is 0.110. The van der Waals surface area contributed by atoms with Crippen molar-refractivity contribution in [2.75, 3.05) is 6.61 Å². The molecule has 0 heterocycles. The molecule has 2 N–H and O–H groups in total. The first-order chi connectivity index (χ1) is 11.6. The molecule has 0 aromatic heterocycles. The smallest absolute Gasteiger partial charge is 0.303 e. The quantitative estimate of drug-likeness (QED) is 0.298. The summed E-state index contributed by atoms with van der Waals surface area (Å²) in [5.41, 5.74) is 0. The Morgan fingerprint density at radius 2 is 1.04 bits per heavy atom. The Morgan fingerprint density at radius 1 is 0.680 bits per heavy atom. The summed E-state index contributed by atoms with van der Waals surface area (Å²) >= 11 is 0. The third-order valence-corrected chi connectivity index (χ3v) is 5.66. The monoisotopic (exact) mass is 378 g/mol. The van der Waals surface area contributed by atoms with Gasteiger partial charge >= 0.3 is 7.82 Å². The Balaban J connectivity index is 3.57. The molecule has 0 spiro atoms. The van der Waals surface area contributed by atoms with Crippen LogP contribution < -0.4 is 0 Å². The number of phosphoric acid groups is 1. The summed E-state index contributed by atoms with van der Waals surface area (Å²) in [6, 6.07) is 0. The molecule has 0 saturated heterocycles. The summed E-state index contributed by atoms with van der Waals surface area (Å²) in [5.74, 6) is 2.93. The molecule has 0 saturated carbocycles. The van der Waals surface area contributed by atoms with Crippen molar-refractivity contribution in [3.63, 3.8) is 0 Å². The van der Waals surface area contributed by atoms with Crippen molar-refractivity contribution in [3.8, 4) is 0 Å². The molecule has 0 aromatic carbocycles. The normalized spacial score (nSPS) is 16.2. The fourth-order valence-corrected chi connectivity index (χ4v) is 3.65. The highest BCUT2D eigenvalue weighted by Crippen LogP contribution is 2.36. The molecule has 4 nitrogen and oxygen atoms in total. The predicted molar refractivity (Wildman–Crippen MR) is 106 cm³/mol. The van der Waals surface area contributed by atoms with Gasteiger partial charge in [0.1, 0.15) is 0 Å². The van der Waals surface area contributed by atoms with E-state index in [0.717, 1.165) is 24.2 Å². The van der Waals surface area contributed by atoms with Gasteiger partial charge in [-0.2, -0.15) is 0 Å². The van der Waals surface area contributed by atoms with Gasteiger partial charge in [-0.05, 0) is 30.1 Å². The van der Waals surface area contributed by atoms with E-state index in [1.165, 1.54) is 51.4 Å². The van der Waals surface area contributed by atoms with Crippen LogP contribution in [0.15, 0.2) is 0 Å². The van der Waals surface area contributed by atoms with Crippen LogP contribution >= 0.6 is 7.82 Å². The largest absolute Gasteiger partial charge is 0.469 e. The van der Waals surface area contributed by atoms with Crippen molar-refractivity contribution < 1.29 is 18.9 Å². The maximum atomic E-state index is 10.6. The fraction of sp³-hybridized carbons (Fsp3) is 1.00. The number of hydrogen-bond donors (Lipinski definition) is 2. The number of hydrogen-bond acceptors (Lipinski definition) is 2. The molecular formula is C20H43O4P. The number of phosphoric ester groups is 1. The molecule has 0 bridgehead atoms. The SMILES string of the molecule is CC(C)CCC[C@@H](C)CCC[C@@H](C)CCC[C@@H](C)CCOP(=O)(O)O. The van der Waals surface area contributed by atoms with Crippen LogP contribution in [0.25, 0.3) is 0 Å². The summed E-state index contributed by atoms with van der Waals surface area (Å²) in [6.45, 7) is 11.6. The standard InChI is InChI=1S/C20H43O4P/c1-17(2)9-6-10-18(3)11-7-12-19(4)13-8-14-20(5)15-16-24-25(21,22)23/h17-20H,6-16H2,1-5H3,(H2,21,22,23)/t18-,19-,20-/m1/s1. The molecule has 3 atom stereocenters. The Morgan fingerprint density at radius 3 is 1.40 bits per heavy atom. The van der Waals surface area contributed by atoms with Crippen LogP contribution in [0.2, 0.25) is 0 Å². The van der Waals surface area contributed by atoms with E-state index in [9.17, 15) is 4.57 Å². The highest BCUT2D eigenvalue weighted by molar-refractivity contribution is 7.46. The van der Waals surface area contributed by atoms with Gasteiger partial charge in [0.2, 0.25) is 0 Å². The summed E-state index contributed by atoms with van der Waals surface area (Å²) in [4.78, 5) is 17.3. The van der Waals surface area contributed by atoms with Crippen LogP contribution in [-0.2, 0) is 9.09 Å². The maximum Gasteiger partial charge on any atom is 0.469 e. The molecule has 25 heavy (non-hydrogen) atoms. The lowest BCUT2D eigenvalue weighted by Crippen LogP contribution is -2.03. The predicted octanol–water partition coefficient (Wildman–Crippen LogP) is 6.56. The molecule has 0 aliphatic rings. The van der Waals surface area contributed by atoms with Crippen LogP contribution in [0.4, 0.5) is 0 Å². The lowest BCUT2D eigenvalue weighted by atomic mass is 9.91. The summed E-state index contributed by atoms with van der Waals surface area (Å²) < 4.78 is 15.1. The minimum absolute atomic E-state index is 0.149. The Bertz CT molecular complexity index is 354. The van der Waals surface area contributed by atoms with Gasteiger partial charge in [0.15, 0.2) is 0 Å². The molecule has 0 aliphatic heterocycles. The van der Waals surface area contributed by atoms with Gasteiger partial charge in [-0.15, -0.1) is 0 Å². The van der Waals surface area contributed by atoms with E-state index < -0.39 is 7.82 Å². The van der Waals surface area contributed by atoms with E-state index in [0.29, 0.717) is 12.3 Å². The molecule has 152 valence electrons. The molecule has 0 amide bonds. The zero-order chi connectivity index (χ0) is 19.3. The van der Waals surface area contributed by atoms with Crippen molar-refractivity contribution in [1.82, 2.24) is 0 Å². The minimum Gasteiger partial charge on any atom is -0.303 e. The molecule has 0 rings (SSSR count). The highest BCUT2D eigenvalue weighted by Gasteiger charge is 2.14. The summed E-state index contributed by atoms with van der Waals surface area (Å²) in [6.07, 6.45) is 12.4. The topological polar surface area (TPSA) is 66.8 Å². The van der Waals surface area contributed by atoms with Crippen molar-refractivity contribution >= 4 is 7.82 Å². The maximum absolute atomic E-state index is 10.6. The van der Waals surface area contributed by atoms with Crippen molar-refractivity contribution in [2.24, 2.45) is 23.7 Å². The lowest BCUT2D eigenvalue weighted by molar-refractivity contribution is 0.184. The first kappa shape index (κ1) is 25.1. The van der Waals surface area contributed by atoms with E-state index in [1.54, 1.807) is 0 Å². The Kier molecular flexibility index (Phi) is 14.3. The molecule has 0 unspecified atom stereocenters. The molecule has 0 aliphatic carbocycles. The number of rotatable bonds is 16. The molecule has 0 fully saturated rings. The second-order valence-corrected chi connectivity index (χ2v) is 9.85. The third-order valence-electron chi connectivity index (χ3n) is 5.14. The molecule has 0 aromatic rings. The van der Waals surface area contributed by atoms with Gasteiger partial charge in [-0.3, -0.25) is 4.52 Å². The lowest BCUT2D eigenvalue weighted by Gasteiger charge is -2.16. The van der Waals surface area contributed by atoms with Crippen LogP contribution in [0, 0.1) is 23.7 Å². The van der Waals surface area contributed by atoms with E-state index in [-0.39, 0.29) is 6.61 Å². The fourth-order valence-electron chi connectivity index (χ4n) is 3.31. The molecule has 0 radical (unpaired) electrons. The van der Waals surface area contributed by atoms with Gasteiger partial charge < -0.3 is 9.79 Å². The zero-order valence-corrected chi connectivity index (χ0v) is 18.1. The van der Waals surface area contributed by atoms with Crippen molar-refractivity contribution in [3.05, 3.63) is 0 Å². The van der Waals surface area contributed by atoms with E-state index in [2.05, 4.69) is 39.1 Å². The van der Waals surface area contributed by atoms with Gasteiger partial charge in [-0.1, -0.05) is 92.4 Å². The van der Waals surface area contributed by atoms with E-state index >= 15 is 0 Å². The van der Waals surface area contributed by atoms with Crippen LogP contribution in [0.3, 0.4) is 0 Å². The van der Waals surface area contributed by atoms with Crippen LogP contribution in [0.1, 0.15) is 98.8 Å². The van der Waals surface area contributed by atoms with Crippen LogP contribution in [-0.4, -0.2) is 16.4 Å². The zero-order valence-electron chi connectivity index (χ0n) is 17.2. The van der Waals surface area contributed by atoms with E-state index in [4.69, 9.17) is 9.79 Å². The van der Waals surface area contributed by atoms with Gasteiger partial charge in [0, 0.05) is 0 Å². The molecular weight excluding hydrogens is 335 g/mol. The van der Waals surface area contributed by atoms with Crippen molar-refractivity contribution in [1.29, 1.82) is 0 Å². The minimum atomic E-state index is -4.30. The average Bonchev–Trinajstić information content (AvgIpc) is 2.45. The summed E-state index contributed by atoms with van der Waals surface area (Å²) in [5, 5.41) is 0. The average molecular weight is 379 g/mol. The third kappa shape index (κ3) is 18.7.